The molecule has 1 fully saturated rings. The van der Waals surface area contributed by atoms with Gasteiger partial charge in [-0.05, 0) is 11.5 Å². The lowest BCUT2D eigenvalue weighted by Crippen LogP contribution is -2.51. The molecular formula is C20H29N3O2. The molecule has 0 aliphatic carbocycles. The maximum atomic E-state index is 13.0. The van der Waals surface area contributed by atoms with Crippen molar-refractivity contribution in [2.75, 3.05) is 32.7 Å². The van der Waals surface area contributed by atoms with Crippen LogP contribution in [0.5, 0.6) is 0 Å². The third kappa shape index (κ3) is 3.72. The SMILES string of the molecule is Cn1cc(C(=O)N2CCN(C[C@@H](O)C(C)(C)C)CC2)c2ccccc21. The van der Waals surface area contributed by atoms with Gasteiger partial charge in [-0.2, -0.15) is 0 Å². The highest BCUT2D eigenvalue weighted by molar-refractivity contribution is 6.07. The van der Waals surface area contributed by atoms with E-state index in [2.05, 4.69) is 25.7 Å². The molecule has 1 aliphatic heterocycles. The number of β-amino-alcohol motifs (C(OH)–C–C–N with tert-alkyl or cyclic N) is 1. The number of aliphatic hydroxyl groups excluding tert-OH is 1. The molecule has 1 atom stereocenters. The maximum Gasteiger partial charge on any atom is 0.256 e. The fourth-order valence-corrected chi connectivity index (χ4v) is 3.33. The number of aromatic nitrogens is 1. The zero-order chi connectivity index (χ0) is 18.2. The number of nitrogens with zero attached hydrogens (tertiary/aromatic N) is 3. The van der Waals surface area contributed by atoms with Gasteiger partial charge in [-0.15, -0.1) is 0 Å². The second-order valence-electron chi connectivity index (χ2n) is 8.15. The van der Waals surface area contributed by atoms with Gasteiger partial charge >= 0.3 is 0 Å². The topological polar surface area (TPSA) is 48.7 Å². The van der Waals surface area contributed by atoms with Crippen molar-refractivity contribution in [3.05, 3.63) is 36.0 Å². The Hall–Kier alpha value is -1.85. The van der Waals surface area contributed by atoms with Crippen LogP contribution in [0, 0.1) is 5.41 Å². The Morgan fingerprint density at radius 1 is 1.16 bits per heavy atom. The average molecular weight is 343 g/mol. The van der Waals surface area contributed by atoms with E-state index in [9.17, 15) is 9.90 Å². The van der Waals surface area contributed by atoms with Crippen LogP contribution in [-0.4, -0.2) is 64.2 Å². The summed E-state index contributed by atoms with van der Waals surface area (Å²) in [7, 11) is 1.98. The Morgan fingerprint density at radius 2 is 1.80 bits per heavy atom. The molecule has 0 bridgehead atoms. The van der Waals surface area contributed by atoms with E-state index in [0.717, 1.165) is 29.6 Å². The largest absolute Gasteiger partial charge is 0.391 e. The second kappa shape index (κ2) is 6.81. The fraction of sp³-hybridized carbons (Fsp3) is 0.550. The third-order valence-corrected chi connectivity index (χ3v) is 5.22. The van der Waals surface area contributed by atoms with Gasteiger partial charge in [0.05, 0.1) is 11.7 Å². The summed E-state index contributed by atoms with van der Waals surface area (Å²) in [5.41, 5.74) is 1.75. The quantitative estimate of drug-likeness (QED) is 0.931. The van der Waals surface area contributed by atoms with E-state index in [4.69, 9.17) is 0 Å². The number of para-hydroxylation sites is 1. The molecule has 0 unspecified atom stereocenters. The number of fused-ring (bicyclic) bond motifs is 1. The van der Waals surface area contributed by atoms with E-state index in [0.29, 0.717) is 19.6 Å². The molecule has 3 rings (SSSR count). The number of hydrogen-bond acceptors (Lipinski definition) is 3. The predicted molar refractivity (Wildman–Crippen MR) is 101 cm³/mol. The van der Waals surface area contributed by atoms with Crippen molar-refractivity contribution in [2.24, 2.45) is 12.5 Å². The molecule has 1 N–H and O–H groups in total. The van der Waals surface area contributed by atoms with Crippen molar-refractivity contribution in [2.45, 2.75) is 26.9 Å². The summed E-state index contributed by atoms with van der Waals surface area (Å²) < 4.78 is 2.01. The van der Waals surface area contributed by atoms with Crippen molar-refractivity contribution in [1.82, 2.24) is 14.4 Å². The summed E-state index contributed by atoms with van der Waals surface area (Å²) in [5.74, 6) is 0.104. The van der Waals surface area contributed by atoms with Gasteiger partial charge in [-0.25, -0.2) is 0 Å². The number of aryl methyl sites for hydroxylation is 1. The van der Waals surface area contributed by atoms with Crippen molar-refractivity contribution >= 4 is 16.8 Å². The molecule has 0 saturated carbocycles. The second-order valence-corrected chi connectivity index (χ2v) is 8.15. The van der Waals surface area contributed by atoms with Crippen LogP contribution >= 0.6 is 0 Å². The highest BCUT2D eigenvalue weighted by atomic mass is 16.3. The molecule has 1 aromatic heterocycles. The van der Waals surface area contributed by atoms with E-state index >= 15 is 0 Å². The van der Waals surface area contributed by atoms with Crippen molar-refractivity contribution in [3.8, 4) is 0 Å². The van der Waals surface area contributed by atoms with Crippen LogP contribution in [-0.2, 0) is 7.05 Å². The standard InChI is InChI=1S/C20H29N3O2/c1-20(2,3)18(24)14-22-9-11-23(12-10-22)19(25)16-13-21(4)17-8-6-5-7-15(16)17/h5-8,13,18,24H,9-12,14H2,1-4H3/t18-/m1/s1. The first-order valence-corrected chi connectivity index (χ1v) is 9.01. The third-order valence-electron chi connectivity index (χ3n) is 5.22. The van der Waals surface area contributed by atoms with Gasteiger partial charge < -0.3 is 14.6 Å². The molecule has 1 saturated heterocycles. The van der Waals surface area contributed by atoms with Gasteiger partial charge in [0, 0.05) is 56.9 Å². The number of carbonyl (C=O) groups excluding carboxylic acids is 1. The molecule has 1 aliphatic rings. The van der Waals surface area contributed by atoms with Crippen LogP contribution in [0.4, 0.5) is 0 Å². The first-order valence-electron chi connectivity index (χ1n) is 9.01. The van der Waals surface area contributed by atoms with Gasteiger partial charge in [0.25, 0.3) is 5.91 Å². The van der Waals surface area contributed by atoms with E-state index in [-0.39, 0.29) is 17.4 Å². The van der Waals surface area contributed by atoms with Crippen LogP contribution in [0.15, 0.2) is 30.5 Å². The zero-order valence-corrected chi connectivity index (χ0v) is 15.7. The van der Waals surface area contributed by atoms with Gasteiger partial charge in [0.1, 0.15) is 0 Å². The maximum absolute atomic E-state index is 13.0. The van der Waals surface area contributed by atoms with Gasteiger partial charge in [0.15, 0.2) is 0 Å². The molecule has 2 heterocycles. The summed E-state index contributed by atoms with van der Waals surface area (Å²) in [6, 6.07) is 8.03. The van der Waals surface area contributed by atoms with Crippen LogP contribution in [0.1, 0.15) is 31.1 Å². The summed E-state index contributed by atoms with van der Waals surface area (Å²) in [4.78, 5) is 17.1. The molecular weight excluding hydrogens is 314 g/mol. The Kier molecular flexibility index (Phi) is 4.89. The molecule has 0 spiro atoms. The van der Waals surface area contributed by atoms with Gasteiger partial charge in [-0.1, -0.05) is 39.0 Å². The Morgan fingerprint density at radius 3 is 2.44 bits per heavy atom. The van der Waals surface area contributed by atoms with Crippen LogP contribution < -0.4 is 0 Å². The fourth-order valence-electron chi connectivity index (χ4n) is 3.33. The Balaban J connectivity index is 1.66. The minimum absolute atomic E-state index is 0.104. The number of aliphatic hydroxyl groups is 1. The highest BCUT2D eigenvalue weighted by Crippen LogP contribution is 2.23. The summed E-state index contributed by atoms with van der Waals surface area (Å²) in [5, 5.41) is 11.3. The molecule has 1 aromatic carbocycles. The van der Waals surface area contributed by atoms with Gasteiger partial charge in [0.2, 0.25) is 0 Å². The Bertz CT molecular complexity index is 752. The zero-order valence-electron chi connectivity index (χ0n) is 15.7. The molecule has 5 nitrogen and oxygen atoms in total. The van der Waals surface area contributed by atoms with E-state index in [1.54, 1.807) is 0 Å². The minimum atomic E-state index is -0.354. The molecule has 136 valence electrons. The average Bonchev–Trinajstić information content (AvgIpc) is 2.91. The summed E-state index contributed by atoms with van der Waals surface area (Å²) >= 11 is 0. The predicted octanol–water partition coefficient (Wildman–Crippen LogP) is 2.34. The highest BCUT2D eigenvalue weighted by Gasteiger charge is 2.28. The molecule has 25 heavy (non-hydrogen) atoms. The van der Waals surface area contributed by atoms with E-state index < -0.39 is 0 Å². The van der Waals surface area contributed by atoms with E-state index in [1.807, 2.05) is 47.0 Å². The number of hydrogen-bond donors (Lipinski definition) is 1. The molecule has 0 radical (unpaired) electrons. The number of carbonyl (C=O) groups is 1. The van der Waals surface area contributed by atoms with Crippen LogP contribution in [0.25, 0.3) is 10.9 Å². The first-order chi connectivity index (χ1) is 11.8. The molecule has 2 aromatic rings. The van der Waals surface area contributed by atoms with Crippen molar-refractivity contribution in [3.63, 3.8) is 0 Å². The van der Waals surface area contributed by atoms with Gasteiger partial charge in [-0.3, -0.25) is 9.69 Å². The lowest BCUT2D eigenvalue weighted by Gasteiger charge is -2.38. The minimum Gasteiger partial charge on any atom is -0.391 e. The molecule has 5 heteroatoms. The normalized spacial score (nSPS) is 17.9. The summed E-state index contributed by atoms with van der Waals surface area (Å²) in [6.07, 6.45) is 1.58. The van der Waals surface area contributed by atoms with Crippen molar-refractivity contribution < 1.29 is 9.90 Å². The van der Waals surface area contributed by atoms with Crippen LogP contribution in [0.3, 0.4) is 0 Å². The van der Waals surface area contributed by atoms with E-state index in [1.165, 1.54) is 0 Å². The van der Waals surface area contributed by atoms with Crippen LogP contribution in [0.2, 0.25) is 0 Å². The molecule has 1 amide bonds. The smallest absolute Gasteiger partial charge is 0.256 e. The lowest BCUT2D eigenvalue weighted by atomic mass is 9.89. The number of piperazine rings is 1. The Labute approximate surface area is 149 Å². The number of rotatable bonds is 3. The number of amides is 1. The monoisotopic (exact) mass is 343 g/mol. The van der Waals surface area contributed by atoms with Crippen molar-refractivity contribution in [1.29, 1.82) is 0 Å². The summed E-state index contributed by atoms with van der Waals surface area (Å²) in [6.45, 7) is 9.86. The first kappa shape index (κ1) is 18.0. The lowest BCUT2D eigenvalue weighted by molar-refractivity contribution is 0.0137. The number of benzene rings is 1.